The lowest BCUT2D eigenvalue weighted by Gasteiger charge is -2.15. The van der Waals surface area contributed by atoms with Gasteiger partial charge in [0.25, 0.3) is 5.56 Å². The van der Waals surface area contributed by atoms with Gasteiger partial charge in [0, 0.05) is 31.5 Å². The van der Waals surface area contributed by atoms with Crippen LogP contribution in [0.15, 0.2) is 27.7 Å². The number of fused-ring (bicyclic) bond motifs is 1. The number of carbonyl (C=O) groups is 1. The molecule has 2 heterocycles. The molecule has 8 heteroatoms. The van der Waals surface area contributed by atoms with Crippen molar-refractivity contribution in [2.24, 2.45) is 0 Å². The molecule has 2 rings (SSSR count). The molecule has 0 unspecified atom stereocenters. The van der Waals surface area contributed by atoms with Crippen LogP contribution in [-0.4, -0.2) is 36.4 Å². The van der Waals surface area contributed by atoms with Crippen LogP contribution in [0.3, 0.4) is 0 Å². The van der Waals surface area contributed by atoms with Crippen LogP contribution in [0.2, 0.25) is 25.7 Å². The minimum atomic E-state index is -1.12. The van der Waals surface area contributed by atoms with E-state index in [1.807, 2.05) is 16.8 Å². The Morgan fingerprint density at radius 3 is 2.64 bits per heavy atom. The van der Waals surface area contributed by atoms with Gasteiger partial charge in [-0.2, -0.15) is 0 Å². The van der Waals surface area contributed by atoms with Crippen molar-refractivity contribution in [1.82, 2.24) is 9.13 Å². The van der Waals surface area contributed by atoms with Gasteiger partial charge in [-0.25, -0.2) is 0 Å². The number of halogens is 1. The summed E-state index contributed by atoms with van der Waals surface area (Å²) in [6, 6.07) is 2.92. The summed E-state index contributed by atoms with van der Waals surface area (Å²) in [4.78, 5) is 24.3. The average molecular weight is 429 g/mol. The Labute approximate surface area is 156 Å². The summed E-state index contributed by atoms with van der Waals surface area (Å²) in [5, 5.41) is 0.542. The molecular weight excluding hydrogens is 404 g/mol. The van der Waals surface area contributed by atoms with E-state index in [1.165, 1.54) is 4.57 Å². The lowest BCUT2D eigenvalue weighted by Crippen LogP contribution is -2.25. The number of hydrogen-bond acceptors (Lipinski definition) is 4. The largest absolute Gasteiger partial charge is 0.465 e. The van der Waals surface area contributed by atoms with Crippen LogP contribution in [0.4, 0.5) is 0 Å². The maximum atomic E-state index is 12.6. The Hall–Kier alpha value is -1.38. The predicted molar refractivity (Wildman–Crippen MR) is 105 cm³/mol. The van der Waals surface area contributed by atoms with Crippen molar-refractivity contribution in [3.05, 3.63) is 33.3 Å². The maximum Gasteiger partial charge on any atom is 0.326 e. The van der Waals surface area contributed by atoms with Crippen molar-refractivity contribution in [1.29, 1.82) is 0 Å². The Morgan fingerprint density at radius 2 is 2.00 bits per heavy atom. The van der Waals surface area contributed by atoms with Crippen LogP contribution in [0.5, 0.6) is 0 Å². The Morgan fingerprint density at radius 1 is 1.28 bits per heavy atom. The molecule has 0 bridgehead atoms. The summed E-state index contributed by atoms with van der Waals surface area (Å²) in [5.41, 5.74) is 0.559. The first kappa shape index (κ1) is 19.9. The Balaban J connectivity index is 2.18. The molecule has 25 heavy (non-hydrogen) atoms. The average Bonchev–Trinajstić information content (AvgIpc) is 2.83. The van der Waals surface area contributed by atoms with E-state index in [0.29, 0.717) is 29.8 Å². The number of carbonyl (C=O) groups excluding carboxylic acids is 1. The molecule has 0 aliphatic carbocycles. The van der Waals surface area contributed by atoms with Gasteiger partial charge in [0.2, 0.25) is 0 Å². The number of ether oxygens (including phenoxy) is 2. The molecule has 0 amide bonds. The van der Waals surface area contributed by atoms with E-state index >= 15 is 0 Å². The van der Waals surface area contributed by atoms with Gasteiger partial charge < -0.3 is 18.6 Å². The fraction of sp³-hybridized carbons (Fsp3) is 0.529. The van der Waals surface area contributed by atoms with Crippen LogP contribution in [0, 0.1) is 0 Å². The van der Waals surface area contributed by atoms with Crippen molar-refractivity contribution < 1.29 is 14.3 Å². The van der Waals surface area contributed by atoms with Gasteiger partial charge in [-0.1, -0.05) is 19.6 Å². The lowest BCUT2D eigenvalue weighted by atomic mass is 10.3. The molecule has 0 radical (unpaired) electrons. The first-order valence-electron chi connectivity index (χ1n) is 8.34. The van der Waals surface area contributed by atoms with Crippen LogP contribution >= 0.6 is 15.9 Å². The van der Waals surface area contributed by atoms with Crippen molar-refractivity contribution in [3.63, 3.8) is 0 Å². The number of aromatic nitrogens is 2. The zero-order valence-corrected chi connectivity index (χ0v) is 17.8. The normalized spacial score (nSPS) is 11.9. The third-order valence-electron chi connectivity index (χ3n) is 3.79. The zero-order chi connectivity index (χ0) is 18.6. The molecule has 0 saturated heterocycles. The quantitative estimate of drug-likeness (QED) is 0.367. The molecule has 138 valence electrons. The highest BCUT2D eigenvalue weighted by atomic mass is 79.9. The third-order valence-corrected chi connectivity index (χ3v) is 6.10. The molecule has 2 aromatic heterocycles. The van der Waals surface area contributed by atoms with Gasteiger partial charge in [-0.05, 0) is 35.0 Å². The molecule has 0 fully saturated rings. The second-order valence-corrected chi connectivity index (χ2v) is 13.6. The van der Waals surface area contributed by atoms with E-state index in [9.17, 15) is 9.59 Å². The predicted octanol–water partition coefficient (Wildman–Crippen LogP) is 3.44. The maximum absolute atomic E-state index is 12.6. The first-order chi connectivity index (χ1) is 11.7. The van der Waals surface area contributed by atoms with Crippen molar-refractivity contribution in [3.8, 4) is 0 Å². The van der Waals surface area contributed by atoms with E-state index < -0.39 is 14.0 Å². The molecule has 2 aromatic rings. The number of nitrogens with zero attached hydrogens (tertiary/aromatic N) is 2. The molecule has 0 saturated carbocycles. The second kappa shape index (κ2) is 8.33. The van der Waals surface area contributed by atoms with Gasteiger partial charge in [0.15, 0.2) is 0 Å². The SMILES string of the molecule is CCOC(=O)Cn1ccc2c(c(Br)cn2COCC[Si](C)(C)C)c1=O. The van der Waals surface area contributed by atoms with Crippen molar-refractivity contribution >= 4 is 40.9 Å². The Bertz CT molecular complexity index is 807. The summed E-state index contributed by atoms with van der Waals surface area (Å²) in [7, 11) is -1.12. The van der Waals surface area contributed by atoms with Gasteiger partial charge in [0.1, 0.15) is 13.3 Å². The minimum Gasteiger partial charge on any atom is -0.465 e. The fourth-order valence-electron chi connectivity index (χ4n) is 2.42. The van der Waals surface area contributed by atoms with Crippen LogP contribution in [-0.2, 0) is 27.5 Å². The monoisotopic (exact) mass is 428 g/mol. The highest BCUT2D eigenvalue weighted by molar-refractivity contribution is 9.10. The van der Waals surface area contributed by atoms with E-state index in [0.717, 1.165) is 11.6 Å². The molecule has 0 aromatic carbocycles. The minimum absolute atomic E-state index is 0.0903. The topological polar surface area (TPSA) is 62.5 Å². The highest BCUT2D eigenvalue weighted by Gasteiger charge is 2.15. The van der Waals surface area contributed by atoms with Crippen LogP contribution in [0.25, 0.3) is 10.9 Å². The first-order valence-corrected chi connectivity index (χ1v) is 12.8. The lowest BCUT2D eigenvalue weighted by molar-refractivity contribution is -0.143. The highest BCUT2D eigenvalue weighted by Crippen LogP contribution is 2.23. The molecule has 6 nitrogen and oxygen atoms in total. The summed E-state index contributed by atoms with van der Waals surface area (Å²) in [6.07, 6.45) is 3.46. The van der Waals surface area contributed by atoms with E-state index in [4.69, 9.17) is 9.47 Å². The Kier molecular flexibility index (Phi) is 6.64. The summed E-state index contributed by atoms with van der Waals surface area (Å²) < 4.78 is 14.6. The molecule has 0 aliphatic rings. The van der Waals surface area contributed by atoms with Crippen molar-refractivity contribution in [2.45, 2.75) is 45.9 Å². The van der Waals surface area contributed by atoms with Gasteiger partial charge in [-0.15, -0.1) is 0 Å². The molecule has 0 N–H and O–H groups in total. The second-order valence-electron chi connectivity index (χ2n) is 7.11. The summed E-state index contributed by atoms with van der Waals surface area (Å²) in [6.45, 7) is 9.99. The van der Waals surface area contributed by atoms with Crippen molar-refractivity contribution in [2.75, 3.05) is 13.2 Å². The number of esters is 1. The van der Waals surface area contributed by atoms with E-state index in [-0.39, 0.29) is 12.1 Å². The molecule has 0 spiro atoms. The standard InChI is InChI=1S/C17H25BrN2O4Si/c1-5-24-15(21)11-19-7-6-14-16(17(19)22)13(18)10-20(14)12-23-8-9-25(2,3)4/h6-7,10H,5,8-9,11-12H2,1-4H3. The van der Waals surface area contributed by atoms with Crippen LogP contribution < -0.4 is 5.56 Å². The molecular formula is C17H25BrN2O4Si. The summed E-state index contributed by atoms with van der Waals surface area (Å²) >= 11 is 3.44. The molecule has 0 aliphatic heterocycles. The number of pyridine rings is 1. The van der Waals surface area contributed by atoms with Gasteiger partial charge >= 0.3 is 5.97 Å². The fourth-order valence-corrected chi connectivity index (χ4v) is 3.79. The van der Waals surface area contributed by atoms with E-state index in [1.54, 1.807) is 13.1 Å². The zero-order valence-electron chi connectivity index (χ0n) is 15.2. The summed E-state index contributed by atoms with van der Waals surface area (Å²) in [5.74, 6) is -0.422. The number of rotatable bonds is 8. The van der Waals surface area contributed by atoms with Gasteiger partial charge in [-0.3, -0.25) is 9.59 Å². The molecule has 0 atom stereocenters. The van der Waals surface area contributed by atoms with Gasteiger partial charge in [0.05, 0.1) is 17.5 Å². The van der Waals surface area contributed by atoms with Crippen LogP contribution in [0.1, 0.15) is 6.92 Å². The smallest absolute Gasteiger partial charge is 0.326 e. The number of hydrogen-bond donors (Lipinski definition) is 0. The van der Waals surface area contributed by atoms with E-state index in [2.05, 4.69) is 35.6 Å². The third kappa shape index (κ3) is 5.29.